The number of hydrogen-bond donors (Lipinski definition) is 1. The molecule has 21 heavy (non-hydrogen) atoms. The van der Waals surface area contributed by atoms with E-state index in [2.05, 4.69) is 28.8 Å². The van der Waals surface area contributed by atoms with Crippen LogP contribution >= 0.6 is 0 Å². The van der Waals surface area contributed by atoms with E-state index in [0.717, 1.165) is 26.1 Å². The van der Waals surface area contributed by atoms with Gasteiger partial charge in [0.1, 0.15) is 6.61 Å². The van der Waals surface area contributed by atoms with E-state index in [1.54, 1.807) is 23.4 Å². The summed E-state index contributed by atoms with van der Waals surface area (Å²) < 4.78 is 0. The van der Waals surface area contributed by atoms with Crippen LogP contribution in [0.15, 0.2) is 18.5 Å². The molecule has 0 spiro atoms. The zero-order valence-corrected chi connectivity index (χ0v) is 12.5. The molecule has 1 aliphatic heterocycles. The number of likely N-dealkylation sites (tertiary alicyclic amines) is 1. The van der Waals surface area contributed by atoms with Crippen LogP contribution in [0.1, 0.15) is 22.3 Å². The number of aliphatic hydroxyl groups excluding tert-OH is 1. The molecular weight excluding hydrogens is 266 g/mol. The number of carbonyl (C=O) groups excluding carboxylic acids is 1. The van der Waals surface area contributed by atoms with Crippen molar-refractivity contribution in [2.75, 3.05) is 40.3 Å². The van der Waals surface area contributed by atoms with Crippen molar-refractivity contribution < 1.29 is 9.90 Å². The van der Waals surface area contributed by atoms with Gasteiger partial charge in [-0.15, -0.1) is 0 Å². The van der Waals surface area contributed by atoms with Crippen molar-refractivity contribution in [3.8, 4) is 11.8 Å². The molecule has 0 bridgehead atoms. The van der Waals surface area contributed by atoms with Gasteiger partial charge in [0.2, 0.25) is 0 Å². The highest BCUT2D eigenvalue weighted by molar-refractivity contribution is 5.96. The lowest BCUT2D eigenvalue weighted by molar-refractivity contribution is 0.0773. The van der Waals surface area contributed by atoms with Gasteiger partial charge in [0.15, 0.2) is 0 Å². The van der Waals surface area contributed by atoms with Gasteiger partial charge < -0.3 is 14.9 Å². The van der Waals surface area contributed by atoms with Crippen molar-refractivity contribution >= 4 is 5.91 Å². The highest BCUT2D eigenvalue weighted by atomic mass is 16.2. The van der Waals surface area contributed by atoms with Gasteiger partial charge >= 0.3 is 0 Å². The van der Waals surface area contributed by atoms with Crippen LogP contribution in [-0.4, -0.2) is 66.1 Å². The summed E-state index contributed by atoms with van der Waals surface area (Å²) in [5.41, 5.74) is 1.10. The average Bonchev–Trinajstić information content (AvgIpc) is 2.89. The van der Waals surface area contributed by atoms with E-state index < -0.39 is 0 Å². The first-order valence-electron chi connectivity index (χ1n) is 7.09. The number of carbonyl (C=O) groups is 1. The third-order valence-electron chi connectivity index (χ3n) is 3.72. The lowest BCUT2D eigenvalue weighted by Gasteiger charge is -2.21. The standard InChI is InChI=1S/C16H21N3O2/c1-18-8-6-13(11-18)12-19(2)16(21)15-5-7-17-10-14(15)4-3-9-20/h5,7,10,13,20H,6,8-9,11-12H2,1-2H3. The van der Waals surface area contributed by atoms with Crippen LogP contribution in [0, 0.1) is 17.8 Å². The summed E-state index contributed by atoms with van der Waals surface area (Å²) in [6.45, 7) is 2.64. The Balaban J connectivity index is 2.08. The van der Waals surface area contributed by atoms with Crippen LogP contribution in [0.25, 0.3) is 0 Å². The molecule has 0 aliphatic carbocycles. The first-order chi connectivity index (χ1) is 10.1. The maximum atomic E-state index is 12.6. The zero-order chi connectivity index (χ0) is 15.2. The first-order valence-corrected chi connectivity index (χ1v) is 7.09. The highest BCUT2D eigenvalue weighted by Gasteiger charge is 2.23. The lowest BCUT2D eigenvalue weighted by Crippen LogP contribution is -2.33. The van der Waals surface area contributed by atoms with Gasteiger partial charge in [-0.05, 0) is 32.0 Å². The van der Waals surface area contributed by atoms with Crippen LogP contribution < -0.4 is 0 Å². The normalized spacial score (nSPS) is 18.1. The van der Waals surface area contributed by atoms with E-state index in [9.17, 15) is 4.79 Å². The Labute approximate surface area is 125 Å². The summed E-state index contributed by atoms with van der Waals surface area (Å²) in [7, 11) is 3.93. The van der Waals surface area contributed by atoms with E-state index in [1.807, 2.05) is 7.05 Å². The Morgan fingerprint density at radius 2 is 2.43 bits per heavy atom. The minimum Gasteiger partial charge on any atom is -0.384 e. The monoisotopic (exact) mass is 287 g/mol. The quantitative estimate of drug-likeness (QED) is 0.820. The van der Waals surface area contributed by atoms with Gasteiger partial charge in [0.25, 0.3) is 5.91 Å². The smallest absolute Gasteiger partial charge is 0.254 e. The van der Waals surface area contributed by atoms with Gasteiger partial charge in [0.05, 0.1) is 11.1 Å². The van der Waals surface area contributed by atoms with Gasteiger partial charge in [-0.3, -0.25) is 9.78 Å². The minimum absolute atomic E-state index is 0.0470. The number of amides is 1. The molecule has 1 N–H and O–H groups in total. The highest BCUT2D eigenvalue weighted by Crippen LogP contribution is 2.17. The van der Waals surface area contributed by atoms with Crippen LogP contribution in [0.4, 0.5) is 0 Å². The van der Waals surface area contributed by atoms with E-state index in [4.69, 9.17) is 5.11 Å². The predicted octanol–water partition coefficient (Wildman–Crippen LogP) is 0.449. The summed E-state index contributed by atoms with van der Waals surface area (Å²) in [6, 6.07) is 1.68. The largest absolute Gasteiger partial charge is 0.384 e. The summed E-state index contributed by atoms with van der Waals surface area (Å²) in [5.74, 6) is 5.83. The Morgan fingerprint density at radius 1 is 1.62 bits per heavy atom. The SMILES string of the molecule is CN1CCC(CN(C)C(=O)c2ccncc2C#CCO)C1. The van der Waals surface area contributed by atoms with Crippen molar-refractivity contribution in [2.45, 2.75) is 6.42 Å². The summed E-state index contributed by atoms with van der Waals surface area (Å²) in [4.78, 5) is 20.6. The molecule has 5 nitrogen and oxygen atoms in total. The number of nitrogens with zero attached hydrogens (tertiary/aromatic N) is 3. The fraction of sp³-hybridized carbons (Fsp3) is 0.500. The third-order valence-corrected chi connectivity index (χ3v) is 3.72. The molecule has 112 valence electrons. The van der Waals surface area contributed by atoms with E-state index in [-0.39, 0.29) is 12.5 Å². The average molecular weight is 287 g/mol. The zero-order valence-electron chi connectivity index (χ0n) is 12.5. The molecular formula is C16H21N3O2. The van der Waals surface area contributed by atoms with E-state index >= 15 is 0 Å². The number of aromatic nitrogens is 1. The second-order valence-corrected chi connectivity index (χ2v) is 5.48. The molecule has 1 saturated heterocycles. The van der Waals surface area contributed by atoms with Gasteiger partial charge in [-0.1, -0.05) is 11.8 Å². The van der Waals surface area contributed by atoms with Gasteiger partial charge in [0, 0.05) is 32.5 Å². The summed E-state index contributed by atoms with van der Waals surface area (Å²) in [5, 5.41) is 8.79. The Bertz CT molecular complexity index is 562. The number of pyridine rings is 1. The molecule has 1 aromatic rings. The topological polar surface area (TPSA) is 56.7 Å². The Morgan fingerprint density at radius 3 is 3.10 bits per heavy atom. The molecule has 1 aromatic heterocycles. The molecule has 1 unspecified atom stereocenters. The van der Waals surface area contributed by atoms with Crippen LogP contribution in [0.5, 0.6) is 0 Å². The maximum Gasteiger partial charge on any atom is 0.254 e. The molecule has 1 fully saturated rings. The molecule has 0 aromatic carbocycles. The maximum absolute atomic E-state index is 12.6. The minimum atomic E-state index is -0.229. The molecule has 1 atom stereocenters. The summed E-state index contributed by atoms with van der Waals surface area (Å²) in [6.07, 6.45) is 4.28. The van der Waals surface area contributed by atoms with Crippen molar-refractivity contribution in [1.29, 1.82) is 0 Å². The van der Waals surface area contributed by atoms with Crippen molar-refractivity contribution in [3.05, 3.63) is 29.6 Å². The lowest BCUT2D eigenvalue weighted by atomic mass is 10.1. The molecule has 2 heterocycles. The van der Waals surface area contributed by atoms with Gasteiger partial charge in [-0.25, -0.2) is 0 Å². The van der Waals surface area contributed by atoms with Crippen molar-refractivity contribution in [1.82, 2.24) is 14.8 Å². The second-order valence-electron chi connectivity index (χ2n) is 5.48. The van der Waals surface area contributed by atoms with Crippen molar-refractivity contribution in [3.63, 3.8) is 0 Å². The van der Waals surface area contributed by atoms with Crippen LogP contribution in [0.3, 0.4) is 0 Å². The van der Waals surface area contributed by atoms with Crippen LogP contribution in [0.2, 0.25) is 0 Å². The molecule has 1 amide bonds. The second kappa shape index (κ2) is 7.21. The molecule has 0 radical (unpaired) electrons. The Hall–Kier alpha value is -1.90. The Kier molecular flexibility index (Phi) is 5.32. The van der Waals surface area contributed by atoms with E-state index in [1.165, 1.54) is 0 Å². The fourth-order valence-corrected chi connectivity index (χ4v) is 2.67. The number of rotatable bonds is 3. The number of hydrogen-bond acceptors (Lipinski definition) is 4. The van der Waals surface area contributed by atoms with Gasteiger partial charge in [-0.2, -0.15) is 0 Å². The first kappa shape index (κ1) is 15.5. The third kappa shape index (κ3) is 4.03. The predicted molar refractivity (Wildman–Crippen MR) is 80.8 cm³/mol. The number of aliphatic hydroxyl groups is 1. The summed E-state index contributed by atoms with van der Waals surface area (Å²) >= 11 is 0. The molecule has 2 rings (SSSR count). The van der Waals surface area contributed by atoms with Crippen molar-refractivity contribution in [2.24, 2.45) is 5.92 Å². The molecule has 1 aliphatic rings. The molecule has 5 heteroatoms. The van der Waals surface area contributed by atoms with Crippen LogP contribution in [-0.2, 0) is 0 Å². The van der Waals surface area contributed by atoms with E-state index in [0.29, 0.717) is 17.0 Å². The molecule has 0 saturated carbocycles. The fourth-order valence-electron chi connectivity index (χ4n) is 2.67.